The van der Waals surface area contributed by atoms with Crippen molar-refractivity contribution >= 4 is 33.2 Å². The number of carbonyl (C=O) groups is 1. The molecule has 144 valence electrons. The fourth-order valence-corrected chi connectivity index (χ4v) is 4.15. The van der Waals surface area contributed by atoms with Gasteiger partial charge < -0.3 is 9.73 Å². The van der Waals surface area contributed by atoms with E-state index >= 15 is 0 Å². The van der Waals surface area contributed by atoms with Gasteiger partial charge >= 0.3 is 0 Å². The van der Waals surface area contributed by atoms with Crippen molar-refractivity contribution in [1.29, 1.82) is 0 Å². The van der Waals surface area contributed by atoms with Gasteiger partial charge in [0.1, 0.15) is 0 Å². The minimum absolute atomic E-state index is 0.0244. The number of fused-ring (bicyclic) bond motifs is 1. The minimum Gasteiger partial charge on any atom is -0.418 e. The van der Waals surface area contributed by atoms with E-state index in [0.29, 0.717) is 23.7 Å². The van der Waals surface area contributed by atoms with E-state index in [1.807, 2.05) is 36.4 Å². The second-order valence-electron chi connectivity index (χ2n) is 6.65. The highest BCUT2D eigenvalue weighted by molar-refractivity contribution is 7.20. The maximum absolute atomic E-state index is 12.8. The Balaban J connectivity index is 1.35. The van der Waals surface area contributed by atoms with Crippen molar-refractivity contribution in [3.8, 4) is 11.1 Å². The van der Waals surface area contributed by atoms with Gasteiger partial charge in [0.15, 0.2) is 5.01 Å². The predicted molar refractivity (Wildman–Crippen MR) is 111 cm³/mol. The lowest BCUT2D eigenvalue weighted by molar-refractivity contribution is 0.100. The summed E-state index contributed by atoms with van der Waals surface area (Å²) in [6, 6.07) is 16.1. The van der Waals surface area contributed by atoms with Crippen molar-refractivity contribution in [1.82, 2.24) is 20.5 Å². The molecule has 0 saturated heterocycles. The van der Waals surface area contributed by atoms with E-state index in [4.69, 9.17) is 4.42 Å². The number of amidine groups is 1. The van der Waals surface area contributed by atoms with E-state index in [1.165, 1.54) is 11.3 Å². The molecule has 5 rings (SSSR count). The largest absolute Gasteiger partial charge is 0.418 e. The van der Waals surface area contributed by atoms with E-state index in [-0.39, 0.29) is 11.7 Å². The molecule has 1 N–H and O–H groups in total. The topological polar surface area (TPSA) is 93.3 Å². The highest BCUT2D eigenvalue weighted by Crippen LogP contribution is 2.29. The lowest BCUT2D eigenvalue weighted by atomic mass is 10.1. The molecule has 0 atom stereocenters. The van der Waals surface area contributed by atoms with E-state index in [0.717, 1.165) is 40.3 Å². The number of thiazole rings is 1. The van der Waals surface area contributed by atoms with Crippen LogP contribution in [0.2, 0.25) is 0 Å². The molecule has 7 nitrogen and oxygen atoms in total. The van der Waals surface area contributed by atoms with E-state index < -0.39 is 0 Å². The van der Waals surface area contributed by atoms with Gasteiger partial charge in [-0.15, -0.1) is 21.5 Å². The van der Waals surface area contributed by atoms with Crippen LogP contribution in [0.15, 0.2) is 57.9 Å². The summed E-state index contributed by atoms with van der Waals surface area (Å²) in [5.41, 5.74) is 2.99. The molecule has 0 unspecified atom stereocenters. The molecule has 3 heterocycles. The molecule has 0 spiro atoms. The molecular formula is C21H17N5O2S. The number of nitrogens with one attached hydrogen (secondary N) is 1. The van der Waals surface area contributed by atoms with Crippen molar-refractivity contribution in [2.24, 2.45) is 4.99 Å². The monoisotopic (exact) mass is 403 g/mol. The third kappa shape index (κ3) is 3.66. The summed E-state index contributed by atoms with van der Waals surface area (Å²) in [5, 5.41) is 11.4. The number of carbonyl (C=O) groups excluding carboxylic acids is 1. The Kier molecular flexibility index (Phi) is 4.61. The number of hydrogen-bond donors (Lipinski definition) is 1. The van der Waals surface area contributed by atoms with E-state index in [2.05, 4.69) is 37.6 Å². The number of aromatic nitrogens is 3. The molecule has 0 aliphatic carbocycles. The number of aliphatic imine (C=N–C) groups is 1. The summed E-state index contributed by atoms with van der Waals surface area (Å²) in [6.45, 7) is 1.67. The van der Waals surface area contributed by atoms with Gasteiger partial charge in [0.25, 0.3) is 11.7 Å². The maximum Gasteiger partial charge on any atom is 0.291 e. The van der Waals surface area contributed by atoms with Crippen molar-refractivity contribution in [3.63, 3.8) is 0 Å². The Morgan fingerprint density at radius 3 is 2.79 bits per heavy atom. The Morgan fingerprint density at radius 1 is 1.07 bits per heavy atom. The van der Waals surface area contributed by atoms with Crippen LogP contribution in [-0.4, -0.2) is 39.9 Å². The van der Waals surface area contributed by atoms with E-state index in [9.17, 15) is 4.79 Å². The predicted octanol–water partition coefficient (Wildman–Crippen LogP) is 3.51. The molecular weight excluding hydrogens is 386 g/mol. The first kappa shape index (κ1) is 17.7. The van der Waals surface area contributed by atoms with Crippen LogP contribution in [0.1, 0.15) is 28.0 Å². The molecule has 2 aromatic heterocycles. The zero-order valence-electron chi connectivity index (χ0n) is 15.5. The highest BCUT2D eigenvalue weighted by Gasteiger charge is 2.21. The Bertz CT molecular complexity index is 1210. The van der Waals surface area contributed by atoms with Crippen LogP contribution >= 0.6 is 11.3 Å². The first-order valence-corrected chi connectivity index (χ1v) is 10.2. The van der Waals surface area contributed by atoms with Gasteiger partial charge in [0.05, 0.1) is 22.6 Å². The van der Waals surface area contributed by atoms with Crippen molar-refractivity contribution in [2.75, 3.05) is 13.1 Å². The average molecular weight is 403 g/mol. The summed E-state index contributed by atoms with van der Waals surface area (Å²) in [5.74, 6) is 1.000. The molecule has 0 fully saturated rings. The van der Waals surface area contributed by atoms with Gasteiger partial charge in [-0.25, -0.2) is 4.98 Å². The lowest BCUT2D eigenvalue weighted by Crippen LogP contribution is -2.18. The van der Waals surface area contributed by atoms with Crippen molar-refractivity contribution < 1.29 is 9.21 Å². The number of benzene rings is 2. The molecule has 0 amide bonds. The number of hydrogen-bond acceptors (Lipinski definition) is 8. The van der Waals surface area contributed by atoms with Crippen LogP contribution in [0, 0.1) is 0 Å². The SMILES string of the molecule is O=C(c1nnc(CCC2=NCCN2)o1)c1nc2ccc(-c3ccccc3)cc2s1. The Hall–Kier alpha value is -3.39. The van der Waals surface area contributed by atoms with Crippen LogP contribution in [0.5, 0.6) is 0 Å². The fraction of sp³-hybridized carbons (Fsp3) is 0.190. The quantitative estimate of drug-likeness (QED) is 0.495. The molecule has 29 heavy (non-hydrogen) atoms. The number of nitrogens with zero attached hydrogens (tertiary/aromatic N) is 4. The molecule has 0 bridgehead atoms. The molecule has 4 aromatic rings. The number of aryl methyl sites for hydroxylation is 1. The third-order valence-electron chi connectivity index (χ3n) is 4.67. The standard InChI is InChI=1S/C21H17N5O2S/c27-19(20-26-25-18(28-20)9-8-17-22-10-11-23-17)21-24-15-7-6-14(12-16(15)29-21)13-4-2-1-3-5-13/h1-7,12H,8-11H2,(H,22,23). The second-order valence-corrected chi connectivity index (χ2v) is 7.68. The van der Waals surface area contributed by atoms with Crippen molar-refractivity contribution in [2.45, 2.75) is 12.8 Å². The van der Waals surface area contributed by atoms with Crippen LogP contribution in [-0.2, 0) is 6.42 Å². The first-order valence-electron chi connectivity index (χ1n) is 9.36. The van der Waals surface area contributed by atoms with Gasteiger partial charge in [-0.2, -0.15) is 0 Å². The Morgan fingerprint density at radius 2 is 1.97 bits per heavy atom. The minimum atomic E-state index is -0.345. The summed E-state index contributed by atoms with van der Waals surface area (Å²) < 4.78 is 6.51. The fourth-order valence-electron chi connectivity index (χ4n) is 3.21. The van der Waals surface area contributed by atoms with Gasteiger partial charge in [0, 0.05) is 19.4 Å². The molecule has 2 aromatic carbocycles. The Labute approximate surface area is 170 Å². The van der Waals surface area contributed by atoms with Crippen LogP contribution in [0.4, 0.5) is 0 Å². The zero-order valence-corrected chi connectivity index (χ0v) is 16.3. The smallest absolute Gasteiger partial charge is 0.291 e. The zero-order chi connectivity index (χ0) is 19.6. The maximum atomic E-state index is 12.8. The molecule has 1 aliphatic rings. The van der Waals surface area contributed by atoms with Gasteiger partial charge in [0.2, 0.25) is 5.89 Å². The normalized spacial score (nSPS) is 13.4. The van der Waals surface area contributed by atoms with Gasteiger partial charge in [-0.3, -0.25) is 9.79 Å². The van der Waals surface area contributed by atoms with Gasteiger partial charge in [-0.05, 0) is 23.3 Å². The molecule has 0 radical (unpaired) electrons. The second kappa shape index (κ2) is 7.56. The lowest BCUT2D eigenvalue weighted by Gasteiger charge is -2.00. The van der Waals surface area contributed by atoms with Crippen LogP contribution < -0.4 is 5.32 Å². The van der Waals surface area contributed by atoms with Crippen LogP contribution in [0.3, 0.4) is 0 Å². The van der Waals surface area contributed by atoms with Crippen molar-refractivity contribution in [3.05, 3.63) is 65.3 Å². The summed E-state index contributed by atoms with van der Waals surface area (Å²) in [6.07, 6.45) is 1.24. The summed E-state index contributed by atoms with van der Waals surface area (Å²) in [7, 11) is 0. The number of ketones is 1. The average Bonchev–Trinajstić information content (AvgIpc) is 3.52. The van der Waals surface area contributed by atoms with Gasteiger partial charge in [-0.1, -0.05) is 36.4 Å². The third-order valence-corrected chi connectivity index (χ3v) is 5.69. The summed E-state index contributed by atoms with van der Waals surface area (Å²) in [4.78, 5) is 21.5. The molecule has 1 aliphatic heterocycles. The van der Waals surface area contributed by atoms with Crippen LogP contribution in [0.25, 0.3) is 21.3 Å². The summed E-state index contributed by atoms with van der Waals surface area (Å²) >= 11 is 1.33. The highest BCUT2D eigenvalue weighted by atomic mass is 32.1. The van der Waals surface area contributed by atoms with E-state index in [1.54, 1.807) is 0 Å². The first-order chi connectivity index (χ1) is 14.3. The number of rotatable bonds is 6. The molecule has 8 heteroatoms. The molecule has 0 saturated carbocycles.